The Morgan fingerprint density at radius 2 is 1.72 bits per heavy atom. The predicted molar refractivity (Wildman–Crippen MR) is 139 cm³/mol. The molecule has 0 radical (unpaired) electrons. The van der Waals surface area contributed by atoms with Gasteiger partial charge in [0.1, 0.15) is 11.5 Å². The summed E-state index contributed by atoms with van der Waals surface area (Å²) in [4.78, 5) is 29.8. The molecule has 0 aliphatic rings. The van der Waals surface area contributed by atoms with Gasteiger partial charge in [0.2, 0.25) is 0 Å². The van der Waals surface area contributed by atoms with Gasteiger partial charge in [0.15, 0.2) is 0 Å². The van der Waals surface area contributed by atoms with Gasteiger partial charge in [-0.2, -0.15) is 0 Å². The van der Waals surface area contributed by atoms with E-state index in [1.165, 1.54) is 4.90 Å². The second-order valence-corrected chi connectivity index (χ2v) is 8.94. The number of hydrogen-bond acceptors (Lipinski definition) is 5. The van der Waals surface area contributed by atoms with Crippen LogP contribution in [0.1, 0.15) is 61.9 Å². The van der Waals surface area contributed by atoms with Gasteiger partial charge in [-0.1, -0.05) is 43.3 Å². The van der Waals surface area contributed by atoms with Gasteiger partial charge in [0.05, 0.1) is 13.2 Å². The van der Waals surface area contributed by atoms with Crippen LogP contribution in [0.5, 0.6) is 5.75 Å². The van der Waals surface area contributed by atoms with E-state index in [-0.39, 0.29) is 18.9 Å². The molecule has 0 aliphatic heterocycles. The molecule has 2 aromatic carbocycles. The molecule has 0 saturated heterocycles. The van der Waals surface area contributed by atoms with E-state index in [9.17, 15) is 14.7 Å². The van der Waals surface area contributed by atoms with E-state index in [1.54, 1.807) is 31.5 Å². The van der Waals surface area contributed by atoms with Crippen molar-refractivity contribution in [2.45, 2.75) is 58.2 Å². The first-order valence-corrected chi connectivity index (χ1v) is 12.3. The fraction of sp³-hybridized carbons (Fsp3) is 0.345. The molecule has 3 rings (SSSR count). The third-order valence-corrected chi connectivity index (χ3v) is 6.22. The van der Waals surface area contributed by atoms with Crippen LogP contribution in [0.15, 0.2) is 73.1 Å². The van der Waals surface area contributed by atoms with E-state index in [1.807, 2.05) is 55.5 Å². The maximum atomic E-state index is 13.6. The highest BCUT2D eigenvalue weighted by atomic mass is 16.5. The summed E-state index contributed by atoms with van der Waals surface area (Å²) in [5.74, 6) is -0.420. The van der Waals surface area contributed by atoms with E-state index >= 15 is 0 Å². The van der Waals surface area contributed by atoms with Crippen molar-refractivity contribution in [3.63, 3.8) is 0 Å². The SMILES string of the molecule is CCC(C)(O)N(Cc1ccccc1OCCCCCC(=O)O)C(=O)c1ccc(-c2cccnc2)cc1. The zero-order valence-corrected chi connectivity index (χ0v) is 20.9. The minimum absolute atomic E-state index is 0.156. The van der Waals surface area contributed by atoms with Gasteiger partial charge in [0.25, 0.3) is 5.91 Å². The molecule has 0 spiro atoms. The Kier molecular flexibility index (Phi) is 9.59. The summed E-state index contributed by atoms with van der Waals surface area (Å²) in [5.41, 5.74) is 1.83. The largest absolute Gasteiger partial charge is 0.493 e. The highest BCUT2D eigenvalue weighted by Gasteiger charge is 2.32. The molecule has 190 valence electrons. The third kappa shape index (κ3) is 7.39. The van der Waals surface area contributed by atoms with Crippen LogP contribution in [-0.4, -0.2) is 44.3 Å². The molecule has 7 heteroatoms. The number of aliphatic hydroxyl groups is 1. The summed E-state index contributed by atoms with van der Waals surface area (Å²) in [6.07, 6.45) is 6.11. The first-order valence-electron chi connectivity index (χ1n) is 12.3. The quantitative estimate of drug-likeness (QED) is 0.241. The molecule has 0 bridgehead atoms. The maximum Gasteiger partial charge on any atom is 0.303 e. The van der Waals surface area contributed by atoms with Gasteiger partial charge in [-0.05, 0) is 68.0 Å². The molecule has 0 aliphatic carbocycles. The Hall–Kier alpha value is -3.71. The number of carbonyl (C=O) groups is 2. The Labute approximate surface area is 212 Å². The molecule has 0 fully saturated rings. The molecule has 1 atom stereocenters. The van der Waals surface area contributed by atoms with Crippen molar-refractivity contribution in [2.24, 2.45) is 0 Å². The number of carboxylic acid groups (broad SMARTS) is 1. The van der Waals surface area contributed by atoms with Gasteiger partial charge >= 0.3 is 5.97 Å². The zero-order valence-electron chi connectivity index (χ0n) is 20.9. The summed E-state index contributed by atoms with van der Waals surface area (Å²) in [6.45, 7) is 4.11. The number of hydrogen-bond donors (Lipinski definition) is 2. The molecule has 1 heterocycles. The average Bonchev–Trinajstić information content (AvgIpc) is 2.90. The summed E-state index contributed by atoms with van der Waals surface area (Å²) in [7, 11) is 0. The number of carboxylic acids is 1. The first kappa shape index (κ1) is 26.9. The lowest BCUT2D eigenvalue weighted by molar-refractivity contribution is -0.137. The fourth-order valence-corrected chi connectivity index (χ4v) is 3.83. The van der Waals surface area contributed by atoms with Crippen molar-refractivity contribution in [1.82, 2.24) is 9.88 Å². The minimum atomic E-state index is -1.36. The molecule has 1 aromatic heterocycles. The van der Waals surface area contributed by atoms with E-state index in [0.29, 0.717) is 30.8 Å². The number of carbonyl (C=O) groups excluding carboxylic acids is 1. The molecular formula is C29H34N2O5. The van der Waals surface area contributed by atoms with E-state index in [2.05, 4.69) is 4.98 Å². The summed E-state index contributed by atoms with van der Waals surface area (Å²) in [5, 5.41) is 19.9. The number of nitrogens with zero attached hydrogens (tertiary/aromatic N) is 2. The topological polar surface area (TPSA) is 100.0 Å². The monoisotopic (exact) mass is 490 g/mol. The summed E-state index contributed by atoms with van der Waals surface area (Å²) in [6, 6.07) is 18.6. The van der Waals surface area contributed by atoms with Crippen molar-refractivity contribution in [2.75, 3.05) is 6.61 Å². The number of unbranched alkanes of at least 4 members (excludes halogenated alkanes) is 2. The second-order valence-electron chi connectivity index (χ2n) is 8.94. The number of ether oxygens (including phenoxy) is 1. The number of aromatic nitrogens is 1. The first-order chi connectivity index (χ1) is 17.3. The van der Waals surface area contributed by atoms with Crippen LogP contribution in [0, 0.1) is 0 Å². The molecule has 3 aromatic rings. The Bertz CT molecular complexity index is 1130. The van der Waals surface area contributed by atoms with Crippen molar-refractivity contribution in [1.29, 1.82) is 0 Å². The van der Waals surface area contributed by atoms with Crippen LogP contribution in [0.4, 0.5) is 0 Å². The van der Waals surface area contributed by atoms with Gasteiger partial charge in [-0.15, -0.1) is 0 Å². The molecule has 7 nitrogen and oxygen atoms in total. The minimum Gasteiger partial charge on any atom is -0.493 e. The van der Waals surface area contributed by atoms with Crippen molar-refractivity contribution in [3.05, 3.63) is 84.2 Å². The van der Waals surface area contributed by atoms with Crippen LogP contribution in [0.25, 0.3) is 11.1 Å². The average molecular weight is 491 g/mol. The lowest BCUT2D eigenvalue weighted by Crippen LogP contribution is -2.49. The molecule has 2 N–H and O–H groups in total. The number of rotatable bonds is 13. The fourth-order valence-electron chi connectivity index (χ4n) is 3.83. The van der Waals surface area contributed by atoms with Crippen LogP contribution < -0.4 is 4.74 Å². The van der Waals surface area contributed by atoms with Crippen LogP contribution >= 0.6 is 0 Å². The molecule has 0 saturated carbocycles. The standard InChI is InChI=1S/C29H34N2O5/c1-3-29(2,35)31(28(34)23-16-14-22(15-17-23)24-11-9-18-30-20-24)21-25-10-6-7-12-26(25)36-19-8-4-5-13-27(32)33/h6-7,9-12,14-18,20,35H,3-5,8,13,19,21H2,1-2H3,(H,32,33). The zero-order chi connectivity index (χ0) is 26.0. The number of benzene rings is 2. The van der Waals surface area contributed by atoms with Crippen molar-refractivity contribution in [3.8, 4) is 16.9 Å². The van der Waals surface area contributed by atoms with Gasteiger partial charge in [-0.3, -0.25) is 14.6 Å². The highest BCUT2D eigenvalue weighted by Crippen LogP contribution is 2.28. The van der Waals surface area contributed by atoms with Gasteiger partial charge in [-0.25, -0.2) is 0 Å². The number of pyridine rings is 1. The van der Waals surface area contributed by atoms with E-state index < -0.39 is 11.7 Å². The predicted octanol–water partition coefficient (Wildman–Crippen LogP) is 5.53. The van der Waals surface area contributed by atoms with Crippen LogP contribution in [0.2, 0.25) is 0 Å². The highest BCUT2D eigenvalue weighted by molar-refractivity contribution is 5.95. The summed E-state index contributed by atoms with van der Waals surface area (Å²) >= 11 is 0. The molecule has 1 amide bonds. The smallest absolute Gasteiger partial charge is 0.303 e. The van der Waals surface area contributed by atoms with Gasteiger partial charge < -0.3 is 19.8 Å². The van der Waals surface area contributed by atoms with E-state index in [0.717, 1.165) is 29.5 Å². The second kappa shape index (κ2) is 12.8. The Morgan fingerprint density at radius 3 is 2.39 bits per heavy atom. The number of para-hydroxylation sites is 1. The lowest BCUT2D eigenvalue weighted by atomic mass is 10.0. The molecule has 36 heavy (non-hydrogen) atoms. The maximum absolute atomic E-state index is 13.6. The molecular weight excluding hydrogens is 456 g/mol. The molecule has 1 unspecified atom stereocenters. The third-order valence-electron chi connectivity index (χ3n) is 6.22. The number of amides is 1. The Morgan fingerprint density at radius 1 is 0.972 bits per heavy atom. The van der Waals surface area contributed by atoms with Crippen molar-refractivity contribution >= 4 is 11.9 Å². The number of aliphatic carboxylic acids is 1. The van der Waals surface area contributed by atoms with Gasteiger partial charge in [0, 0.05) is 29.9 Å². The van der Waals surface area contributed by atoms with E-state index in [4.69, 9.17) is 9.84 Å². The van der Waals surface area contributed by atoms with Crippen LogP contribution in [-0.2, 0) is 11.3 Å². The van der Waals surface area contributed by atoms with Crippen LogP contribution in [0.3, 0.4) is 0 Å². The van der Waals surface area contributed by atoms with Crippen molar-refractivity contribution < 1.29 is 24.5 Å². The lowest BCUT2D eigenvalue weighted by Gasteiger charge is -2.37. The normalized spacial score (nSPS) is 12.5. The Balaban J connectivity index is 1.74. The summed E-state index contributed by atoms with van der Waals surface area (Å²) < 4.78 is 5.97.